The van der Waals surface area contributed by atoms with Crippen molar-refractivity contribution in [1.29, 1.82) is 0 Å². The van der Waals surface area contributed by atoms with Crippen LogP contribution in [0.4, 0.5) is 0 Å². The topological polar surface area (TPSA) is 27.7 Å². The third-order valence-corrected chi connectivity index (χ3v) is 5.01. The van der Waals surface area contributed by atoms with E-state index in [0.29, 0.717) is 6.61 Å². The molecule has 0 aromatic carbocycles. The predicted octanol–water partition coefficient (Wildman–Crippen LogP) is 4.04. The molecule has 0 saturated carbocycles. The summed E-state index contributed by atoms with van der Waals surface area (Å²) in [6.45, 7) is 2.82. The Morgan fingerprint density at radius 3 is 1.85 bits per heavy atom. The number of hydrogen-bond donors (Lipinski definition) is 0. The van der Waals surface area contributed by atoms with Crippen LogP contribution < -0.4 is 0 Å². The summed E-state index contributed by atoms with van der Waals surface area (Å²) in [5.41, 5.74) is 0. The highest BCUT2D eigenvalue weighted by Gasteiger charge is 2.05. The molecule has 0 bridgehead atoms. The molecule has 4 heteroatoms. The summed E-state index contributed by atoms with van der Waals surface area (Å²) in [5, 5.41) is 0. The quantitative estimate of drug-likeness (QED) is 0.245. The van der Waals surface area contributed by atoms with Gasteiger partial charge < -0.3 is 13.9 Å². The third-order valence-electron chi connectivity index (χ3n) is 3.62. The van der Waals surface area contributed by atoms with Gasteiger partial charge in [-0.3, -0.25) is 0 Å². The van der Waals surface area contributed by atoms with Crippen molar-refractivity contribution in [1.82, 2.24) is 0 Å². The zero-order valence-corrected chi connectivity index (χ0v) is 15.4. The molecule has 0 N–H and O–H groups in total. The standard InChI is InChI=1S/C16H36O3Si/c1-4-5-6-7-8-9-10-11-12-13-14-20-19-16(18-3)15-17-2/h16H,4-15,20H2,1-3H3. The first-order valence-electron chi connectivity index (χ1n) is 8.48. The number of rotatable bonds is 16. The fourth-order valence-electron chi connectivity index (χ4n) is 2.30. The van der Waals surface area contributed by atoms with Crippen molar-refractivity contribution in [3.8, 4) is 0 Å². The van der Waals surface area contributed by atoms with Gasteiger partial charge in [-0.25, -0.2) is 0 Å². The van der Waals surface area contributed by atoms with E-state index in [0.717, 1.165) is 0 Å². The van der Waals surface area contributed by atoms with Crippen LogP contribution >= 0.6 is 0 Å². The highest BCUT2D eigenvalue weighted by Crippen LogP contribution is 2.11. The Morgan fingerprint density at radius 2 is 1.35 bits per heavy atom. The lowest BCUT2D eigenvalue weighted by atomic mass is 10.1. The lowest BCUT2D eigenvalue weighted by molar-refractivity contribution is -0.0928. The van der Waals surface area contributed by atoms with Crippen LogP contribution in [-0.2, 0) is 13.9 Å². The first-order chi connectivity index (χ1) is 9.85. The van der Waals surface area contributed by atoms with Gasteiger partial charge in [0.2, 0.25) is 0 Å². The number of hydrogen-bond acceptors (Lipinski definition) is 3. The van der Waals surface area contributed by atoms with Gasteiger partial charge in [-0.1, -0.05) is 71.1 Å². The SMILES string of the molecule is CCCCCCCCCCCC[SiH2]OC(COC)OC. The summed E-state index contributed by atoms with van der Waals surface area (Å²) in [6, 6.07) is 1.26. The highest BCUT2D eigenvalue weighted by atomic mass is 28.2. The van der Waals surface area contributed by atoms with E-state index < -0.39 is 9.76 Å². The van der Waals surface area contributed by atoms with Crippen LogP contribution in [0.5, 0.6) is 0 Å². The molecule has 1 atom stereocenters. The van der Waals surface area contributed by atoms with Crippen LogP contribution in [0.25, 0.3) is 0 Å². The zero-order chi connectivity index (χ0) is 14.9. The molecule has 0 rings (SSSR count). The van der Waals surface area contributed by atoms with Crippen molar-refractivity contribution in [2.45, 2.75) is 83.5 Å². The van der Waals surface area contributed by atoms with Crippen molar-refractivity contribution in [2.24, 2.45) is 0 Å². The molecule has 0 heterocycles. The van der Waals surface area contributed by atoms with Gasteiger partial charge >= 0.3 is 0 Å². The second-order valence-corrected chi connectivity index (χ2v) is 6.98. The maximum absolute atomic E-state index is 5.71. The maximum atomic E-state index is 5.71. The molecule has 0 saturated heterocycles. The van der Waals surface area contributed by atoms with Crippen LogP contribution in [0.2, 0.25) is 6.04 Å². The van der Waals surface area contributed by atoms with Gasteiger partial charge in [-0.2, -0.15) is 0 Å². The molecule has 0 aliphatic heterocycles. The minimum absolute atomic E-state index is 0.144. The molecule has 122 valence electrons. The summed E-state index contributed by atoms with van der Waals surface area (Å²) in [4.78, 5) is 0. The molecule has 0 fully saturated rings. The van der Waals surface area contributed by atoms with E-state index in [2.05, 4.69) is 6.92 Å². The molecule has 0 aliphatic carbocycles. The van der Waals surface area contributed by atoms with Crippen LogP contribution in [0, 0.1) is 0 Å². The maximum Gasteiger partial charge on any atom is 0.170 e. The van der Waals surface area contributed by atoms with Crippen LogP contribution in [0.15, 0.2) is 0 Å². The van der Waals surface area contributed by atoms with E-state index in [1.165, 1.54) is 70.3 Å². The van der Waals surface area contributed by atoms with Gasteiger partial charge in [-0.05, 0) is 6.04 Å². The Bertz CT molecular complexity index is 179. The minimum atomic E-state index is -0.426. The van der Waals surface area contributed by atoms with Gasteiger partial charge in [0.25, 0.3) is 0 Å². The first kappa shape index (κ1) is 20.1. The van der Waals surface area contributed by atoms with Crippen molar-refractivity contribution >= 4 is 9.76 Å². The zero-order valence-electron chi connectivity index (χ0n) is 14.0. The van der Waals surface area contributed by atoms with Crippen molar-refractivity contribution in [2.75, 3.05) is 20.8 Å². The smallest absolute Gasteiger partial charge is 0.170 e. The molecular weight excluding hydrogens is 268 g/mol. The van der Waals surface area contributed by atoms with Gasteiger partial charge in [-0.15, -0.1) is 0 Å². The normalized spacial score (nSPS) is 13.3. The van der Waals surface area contributed by atoms with E-state index in [4.69, 9.17) is 13.9 Å². The molecule has 1 unspecified atom stereocenters. The summed E-state index contributed by atoms with van der Waals surface area (Å²) < 4.78 is 15.9. The minimum Gasteiger partial charge on any atom is -0.398 e. The lowest BCUT2D eigenvalue weighted by Crippen LogP contribution is -2.22. The summed E-state index contributed by atoms with van der Waals surface area (Å²) >= 11 is 0. The van der Waals surface area contributed by atoms with E-state index in [1.54, 1.807) is 14.2 Å². The molecule has 0 amide bonds. The monoisotopic (exact) mass is 304 g/mol. The molecule has 0 aromatic rings. The van der Waals surface area contributed by atoms with Gasteiger partial charge in [0.15, 0.2) is 16.1 Å². The molecule has 20 heavy (non-hydrogen) atoms. The molecular formula is C16H36O3Si. The third kappa shape index (κ3) is 14.5. The summed E-state index contributed by atoms with van der Waals surface area (Å²) in [7, 11) is 2.93. The van der Waals surface area contributed by atoms with E-state index in [1.807, 2.05) is 0 Å². The fraction of sp³-hybridized carbons (Fsp3) is 1.00. The Morgan fingerprint density at radius 1 is 0.800 bits per heavy atom. The van der Waals surface area contributed by atoms with Crippen LogP contribution in [0.1, 0.15) is 71.1 Å². The van der Waals surface area contributed by atoms with E-state index in [-0.39, 0.29) is 6.29 Å². The van der Waals surface area contributed by atoms with Gasteiger partial charge in [0.05, 0.1) is 6.61 Å². The van der Waals surface area contributed by atoms with Gasteiger partial charge in [0, 0.05) is 14.2 Å². The summed E-state index contributed by atoms with van der Waals surface area (Å²) in [6.07, 6.45) is 13.9. The van der Waals surface area contributed by atoms with Crippen LogP contribution in [-0.4, -0.2) is 36.9 Å². The lowest BCUT2D eigenvalue weighted by Gasteiger charge is -2.15. The second-order valence-electron chi connectivity index (χ2n) is 5.53. The molecule has 0 spiro atoms. The van der Waals surface area contributed by atoms with Crippen LogP contribution in [0.3, 0.4) is 0 Å². The van der Waals surface area contributed by atoms with Crippen molar-refractivity contribution < 1.29 is 13.9 Å². The van der Waals surface area contributed by atoms with E-state index in [9.17, 15) is 0 Å². The molecule has 0 aromatic heterocycles. The highest BCUT2D eigenvalue weighted by molar-refractivity contribution is 6.27. The molecule has 0 aliphatic rings. The number of methoxy groups -OCH3 is 2. The summed E-state index contributed by atoms with van der Waals surface area (Å²) in [5.74, 6) is 0. The fourth-order valence-corrected chi connectivity index (χ4v) is 3.52. The average molecular weight is 305 g/mol. The van der Waals surface area contributed by atoms with E-state index >= 15 is 0 Å². The average Bonchev–Trinajstić information content (AvgIpc) is 2.47. The Kier molecular flexibility index (Phi) is 17.2. The predicted molar refractivity (Wildman–Crippen MR) is 89.0 cm³/mol. The van der Waals surface area contributed by atoms with Crippen molar-refractivity contribution in [3.63, 3.8) is 0 Å². The molecule has 3 nitrogen and oxygen atoms in total. The Hall–Kier alpha value is 0.0969. The number of ether oxygens (including phenoxy) is 2. The second kappa shape index (κ2) is 17.1. The van der Waals surface area contributed by atoms with Crippen molar-refractivity contribution in [3.05, 3.63) is 0 Å². The Balaban J connectivity index is 3.09. The molecule has 0 radical (unpaired) electrons. The number of unbranched alkanes of at least 4 members (excludes halogenated alkanes) is 9. The first-order valence-corrected chi connectivity index (χ1v) is 10.1. The largest absolute Gasteiger partial charge is 0.398 e. The van der Waals surface area contributed by atoms with Gasteiger partial charge in [0.1, 0.15) is 0 Å². The Labute approximate surface area is 128 Å².